The maximum atomic E-state index is 12.9. The number of nitrogens with zero attached hydrogens (tertiary/aromatic N) is 1. The molecule has 0 bridgehead atoms. The normalized spacial score (nSPS) is 10.3. The average molecular weight is 299 g/mol. The summed E-state index contributed by atoms with van der Waals surface area (Å²) in [7, 11) is 0. The Balaban J connectivity index is 2.22. The summed E-state index contributed by atoms with van der Waals surface area (Å²) in [5.74, 6) is -0.667. The number of halogens is 2. The van der Waals surface area contributed by atoms with Gasteiger partial charge in [0.15, 0.2) is 0 Å². The molecule has 1 amide bonds. The lowest BCUT2D eigenvalue weighted by Crippen LogP contribution is -2.12. The van der Waals surface area contributed by atoms with Crippen LogP contribution < -0.4 is 5.32 Å². The second-order valence-electron chi connectivity index (χ2n) is 3.42. The highest BCUT2D eigenvalue weighted by atomic mass is 79.9. The Labute approximate surface area is 105 Å². The number of anilines is 1. The lowest BCUT2D eigenvalue weighted by molar-refractivity contribution is 0.0987. The third kappa shape index (κ3) is 2.52. The van der Waals surface area contributed by atoms with E-state index in [0.717, 1.165) is 0 Å². The summed E-state index contributed by atoms with van der Waals surface area (Å²) in [6.45, 7) is 1.71. The van der Waals surface area contributed by atoms with Gasteiger partial charge in [-0.2, -0.15) is 0 Å². The predicted molar refractivity (Wildman–Crippen MR) is 63.3 cm³/mol. The monoisotopic (exact) mass is 298 g/mol. The summed E-state index contributed by atoms with van der Waals surface area (Å²) in [5, 5.41) is 6.11. The fourth-order valence-electron chi connectivity index (χ4n) is 1.28. The van der Waals surface area contributed by atoms with E-state index in [1.165, 1.54) is 24.4 Å². The van der Waals surface area contributed by atoms with Gasteiger partial charge in [0.1, 0.15) is 5.82 Å². The van der Waals surface area contributed by atoms with Crippen molar-refractivity contribution < 1.29 is 13.7 Å². The molecule has 88 valence electrons. The van der Waals surface area contributed by atoms with E-state index in [4.69, 9.17) is 4.52 Å². The van der Waals surface area contributed by atoms with E-state index in [-0.39, 0.29) is 11.6 Å². The lowest BCUT2D eigenvalue weighted by atomic mass is 10.2. The minimum Gasteiger partial charge on any atom is -0.351 e. The zero-order chi connectivity index (χ0) is 12.4. The third-order valence-corrected chi connectivity index (χ3v) is 2.79. The predicted octanol–water partition coefficient (Wildman–Crippen LogP) is 3.14. The van der Waals surface area contributed by atoms with Gasteiger partial charge in [-0.3, -0.25) is 4.79 Å². The quantitative estimate of drug-likeness (QED) is 0.927. The van der Waals surface area contributed by atoms with Crippen LogP contribution in [0.5, 0.6) is 0 Å². The largest absolute Gasteiger partial charge is 0.351 e. The number of benzene rings is 1. The van der Waals surface area contributed by atoms with Crippen LogP contribution in [-0.4, -0.2) is 11.1 Å². The summed E-state index contributed by atoms with van der Waals surface area (Å²) < 4.78 is 18.1. The van der Waals surface area contributed by atoms with Gasteiger partial charge in [0.05, 0.1) is 11.9 Å². The number of carbonyl (C=O) groups excluding carboxylic acids is 1. The Morgan fingerprint density at radius 3 is 2.88 bits per heavy atom. The van der Waals surface area contributed by atoms with Crippen LogP contribution in [0, 0.1) is 12.7 Å². The SMILES string of the molecule is Cc1cnoc1C(=O)Nc1ccc(F)cc1Br. The molecule has 0 aliphatic rings. The van der Waals surface area contributed by atoms with E-state index < -0.39 is 5.91 Å². The molecule has 2 rings (SSSR count). The highest BCUT2D eigenvalue weighted by molar-refractivity contribution is 9.10. The Morgan fingerprint density at radius 1 is 1.53 bits per heavy atom. The van der Waals surface area contributed by atoms with Gasteiger partial charge < -0.3 is 9.84 Å². The van der Waals surface area contributed by atoms with Gasteiger partial charge in [0, 0.05) is 10.0 Å². The van der Waals surface area contributed by atoms with Gasteiger partial charge in [0.25, 0.3) is 5.91 Å². The van der Waals surface area contributed by atoms with Crippen LogP contribution in [0.4, 0.5) is 10.1 Å². The van der Waals surface area contributed by atoms with Crippen molar-refractivity contribution in [2.45, 2.75) is 6.92 Å². The standard InChI is InChI=1S/C11H8BrFN2O2/c1-6-5-14-17-10(6)11(16)15-9-3-2-7(13)4-8(9)12/h2-5H,1H3,(H,15,16). The van der Waals surface area contributed by atoms with Crippen molar-refractivity contribution in [3.05, 3.63) is 46.0 Å². The summed E-state index contributed by atoms with van der Waals surface area (Å²) in [6, 6.07) is 3.99. The number of carbonyl (C=O) groups is 1. The Hall–Kier alpha value is -1.69. The van der Waals surface area contributed by atoms with Crippen LogP contribution in [0.25, 0.3) is 0 Å². The van der Waals surface area contributed by atoms with Crippen molar-refractivity contribution in [2.75, 3.05) is 5.32 Å². The van der Waals surface area contributed by atoms with E-state index in [1.807, 2.05) is 0 Å². The summed E-state index contributed by atoms with van der Waals surface area (Å²) in [4.78, 5) is 11.8. The minimum atomic E-state index is -0.424. The molecule has 1 N–H and O–H groups in total. The van der Waals surface area contributed by atoms with Crippen molar-refractivity contribution in [2.24, 2.45) is 0 Å². The topological polar surface area (TPSA) is 55.1 Å². The van der Waals surface area contributed by atoms with E-state index >= 15 is 0 Å². The van der Waals surface area contributed by atoms with Gasteiger partial charge in [-0.15, -0.1) is 0 Å². The molecule has 0 radical (unpaired) electrons. The first-order valence-electron chi connectivity index (χ1n) is 4.75. The fraction of sp³-hybridized carbons (Fsp3) is 0.0909. The van der Waals surface area contributed by atoms with Crippen LogP contribution in [-0.2, 0) is 0 Å². The molecule has 17 heavy (non-hydrogen) atoms. The number of hydrogen-bond acceptors (Lipinski definition) is 3. The molecule has 0 atom stereocenters. The molecule has 0 fully saturated rings. The Kier molecular flexibility index (Phi) is 3.23. The molecule has 6 heteroatoms. The van der Waals surface area contributed by atoms with Gasteiger partial charge in [-0.1, -0.05) is 5.16 Å². The van der Waals surface area contributed by atoms with Crippen LogP contribution in [0.2, 0.25) is 0 Å². The maximum Gasteiger partial charge on any atom is 0.294 e. The molecular weight excluding hydrogens is 291 g/mol. The second-order valence-corrected chi connectivity index (χ2v) is 4.27. The van der Waals surface area contributed by atoms with Crippen molar-refractivity contribution in [3.8, 4) is 0 Å². The number of amides is 1. The third-order valence-electron chi connectivity index (χ3n) is 2.13. The molecule has 0 spiro atoms. The van der Waals surface area contributed by atoms with E-state index in [9.17, 15) is 9.18 Å². The number of aryl methyl sites for hydroxylation is 1. The van der Waals surface area contributed by atoms with Crippen molar-refractivity contribution in [1.29, 1.82) is 0 Å². The zero-order valence-electron chi connectivity index (χ0n) is 8.83. The molecule has 2 aromatic rings. The average Bonchev–Trinajstić information content (AvgIpc) is 2.68. The lowest BCUT2D eigenvalue weighted by Gasteiger charge is -2.05. The fourth-order valence-corrected chi connectivity index (χ4v) is 1.73. The van der Waals surface area contributed by atoms with Crippen LogP contribution >= 0.6 is 15.9 Å². The molecule has 1 aromatic heterocycles. The zero-order valence-corrected chi connectivity index (χ0v) is 10.4. The Bertz CT molecular complexity index is 568. The summed E-state index contributed by atoms with van der Waals surface area (Å²) >= 11 is 3.16. The number of aromatic nitrogens is 1. The van der Waals surface area contributed by atoms with Crippen molar-refractivity contribution in [3.63, 3.8) is 0 Å². The minimum absolute atomic E-state index is 0.140. The first-order valence-corrected chi connectivity index (χ1v) is 5.55. The number of hydrogen-bond donors (Lipinski definition) is 1. The molecule has 0 aliphatic carbocycles. The summed E-state index contributed by atoms with van der Waals surface area (Å²) in [5.41, 5.74) is 1.10. The molecule has 4 nitrogen and oxygen atoms in total. The van der Waals surface area contributed by atoms with Crippen LogP contribution in [0.1, 0.15) is 16.1 Å². The van der Waals surface area contributed by atoms with Crippen molar-refractivity contribution in [1.82, 2.24) is 5.16 Å². The highest BCUT2D eigenvalue weighted by Gasteiger charge is 2.15. The maximum absolute atomic E-state index is 12.9. The first kappa shape index (κ1) is 11.8. The van der Waals surface area contributed by atoms with Gasteiger partial charge in [-0.25, -0.2) is 4.39 Å². The van der Waals surface area contributed by atoms with Gasteiger partial charge in [-0.05, 0) is 41.1 Å². The van der Waals surface area contributed by atoms with E-state index in [0.29, 0.717) is 15.7 Å². The number of nitrogens with one attached hydrogen (secondary N) is 1. The summed E-state index contributed by atoms with van der Waals surface area (Å²) in [6.07, 6.45) is 1.45. The highest BCUT2D eigenvalue weighted by Crippen LogP contribution is 2.23. The Morgan fingerprint density at radius 2 is 2.29 bits per heavy atom. The van der Waals surface area contributed by atoms with Crippen molar-refractivity contribution >= 4 is 27.5 Å². The molecule has 1 aromatic carbocycles. The number of rotatable bonds is 2. The van der Waals surface area contributed by atoms with Crippen LogP contribution in [0.15, 0.2) is 33.4 Å². The first-order chi connectivity index (χ1) is 8.08. The molecule has 0 unspecified atom stereocenters. The molecule has 0 saturated carbocycles. The smallest absolute Gasteiger partial charge is 0.294 e. The van der Waals surface area contributed by atoms with Gasteiger partial charge >= 0.3 is 0 Å². The van der Waals surface area contributed by atoms with Crippen LogP contribution in [0.3, 0.4) is 0 Å². The van der Waals surface area contributed by atoms with Gasteiger partial charge in [0.2, 0.25) is 5.76 Å². The van der Waals surface area contributed by atoms with E-state index in [2.05, 4.69) is 26.4 Å². The van der Waals surface area contributed by atoms with E-state index in [1.54, 1.807) is 6.92 Å². The molecular formula is C11H8BrFN2O2. The molecule has 0 aliphatic heterocycles. The molecule has 1 heterocycles. The molecule has 0 saturated heterocycles. The second kappa shape index (κ2) is 4.67.